The second-order valence-corrected chi connectivity index (χ2v) is 11.4. The molecule has 0 saturated carbocycles. The van der Waals surface area contributed by atoms with Gasteiger partial charge in [-0.15, -0.1) is 0 Å². The minimum Gasteiger partial charge on any atom is -0.302 e. The Bertz CT molecular complexity index is 950. The van der Waals surface area contributed by atoms with Gasteiger partial charge in [-0.2, -0.15) is 4.31 Å². The number of nitrogens with one attached hydrogen (secondary N) is 1. The number of fused-ring (bicyclic) bond motifs is 1. The standard InChI is InChI=1S/C23H35N3O3S2/c1-2-3-4-5-6-7-8-10-13-22(27)25-23-24-20-15-14-19(18-21(20)30-23)31(28,29)26-16-11-9-12-17-26/h14-15,18H,2-13,16-17H2,1H3,(H,24,25,27). The fourth-order valence-corrected chi connectivity index (χ4v) is 6.51. The lowest BCUT2D eigenvalue weighted by Crippen LogP contribution is -2.35. The Morgan fingerprint density at radius 3 is 2.42 bits per heavy atom. The summed E-state index contributed by atoms with van der Waals surface area (Å²) in [7, 11) is -3.47. The number of benzene rings is 1. The molecule has 1 fully saturated rings. The van der Waals surface area contributed by atoms with Crippen molar-refractivity contribution in [3.63, 3.8) is 0 Å². The second kappa shape index (κ2) is 11.9. The number of aromatic nitrogens is 1. The first-order valence-electron chi connectivity index (χ1n) is 11.7. The molecule has 2 aromatic rings. The summed E-state index contributed by atoms with van der Waals surface area (Å²) in [6.07, 6.45) is 13.0. The monoisotopic (exact) mass is 465 g/mol. The van der Waals surface area contributed by atoms with E-state index in [1.54, 1.807) is 22.5 Å². The number of carbonyl (C=O) groups is 1. The largest absolute Gasteiger partial charge is 0.302 e. The van der Waals surface area contributed by atoms with Crippen LogP contribution in [0.1, 0.15) is 84.0 Å². The van der Waals surface area contributed by atoms with Crippen molar-refractivity contribution < 1.29 is 13.2 Å². The Hall–Kier alpha value is -1.51. The Kier molecular flexibility index (Phi) is 9.29. The SMILES string of the molecule is CCCCCCCCCCC(=O)Nc1nc2ccc(S(=O)(=O)N3CCCCC3)cc2s1. The number of hydrogen-bond donors (Lipinski definition) is 1. The summed E-state index contributed by atoms with van der Waals surface area (Å²) in [5, 5.41) is 3.41. The highest BCUT2D eigenvalue weighted by atomic mass is 32.2. The smallest absolute Gasteiger partial charge is 0.243 e. The first-order valence-corrected chi connectivity index (χ1v) is 14.0. The van der Waals surface area contributed by atoms with Gasteiger partial charge in [-0.1, -0.05) is 69.6 Å². The van der Waals surface area contributed by atoms with Crippen molar-refractivity contribution in [2.75, 3.05) is 18.4 Å². The topological polar surface area (TPSA) is 79.4 Å². The Balaban J connectivity index is 1.50. The molecule has 0 radical (unpaired) electrons. The van der Waals surface area contributed by atoms with Crippen LogP contribution in [0, 0.1) is 0 Å². The zero-order valence-corrected chi connectivity index (χ0v) is 20.2. The van der Waals surface area contributed by atoms with Crippen molar-refractivity contribution in [2.24, 2.45) is 0 Å². The first kappa shape index (κ1) is 24.1. The lowest BCUT2D eigenvalue weighted by atomic mass is 10.1. The van der Waals surface area contributed by atoms with Crippen LogP contribution in [-0.4, -0.2) is 36.7 Å². The van der Waals surface area contributed by atoms with Crippen molar-refractivity contribution in [3.8, 4) is 0 Å². The Labute approximate surface area is 190 Å². The fraction of sp³-hybridized carbons (Fsp3) is 0.652. The molecule has 0 spiro atoms. The third-order valence-corrected chi connectivity index (χ3v) is 8.64. The normalized spacial score (nSPS) is 15.4. The molecule has 0 atom stereocenters. The molecule has 31 heavy (non-hydrogen) atoms. The van der Waals surface area contributed by atoms with E-state index >= 15 is 0 Å². The predicted molar refractivity (Wildman–Crippen MR) is 128 cm³/mol. The van der Waals surface area contributed by atoms with Gasteiger partial charge in [0.25, 0.3) is 0 Å². The van der Waals surface area contributed by atoms with Crippen molar-refractivity contribution >= 4 is 42.6 Å². The van der Waals surface area contributed by atoms with Crippen LogP contribution in [0.5, 0.6) is 0 Å². The van der Waals surface area contributed by atoms with Crippen LogP contribution in [-0.2, 0) is 14.8 Å². The molecular formula is C23H35N3O3S2. The average Bonchev–Trinajstić information content (AvgIpc) is 3.17. The molecule has 1 aliphatic rings. The number of piperidine rings is 1. The lowest BCUT2D eigenvalue weighted by Gasteiger charge is -2.25. The molecule has 1 aliphatic heterocycles. The average molecular weight is 466 g/mol. The van der Waals surface area contributed by atoms with Gasteiger partial charge >= 0.3 is 0 Å². The van der Waals surface area contributed by atoms with E-state index < -0.39 is 10.0 Å². The Morgan fingerprint density at radius 1 is 1.03 bits per heavy atom. The van der Waals surface area contributed by atoms with Crippen LogP contribution in [0.2, 0.25) is 0 Å². The molecule has 6 nitrogen and oxygen atoms in total. The van der Waals surface area contributed by atoms with Gasteiger partial charge in [-0.3, -0.25) is 4.79 Å². The number of amides is 1. The van der Waals surface area contributed by atoms with Crippen LogP contribution in [0.15, 0.2) is 23.1 Å². The van der Waals surface area contributed by atoms with E-state index in [0.29, 0.717) is 35.1 Å². The molecule has 0 bridgehead atoms. The van der Waals surface area contributed by atoms with Crippen molar-refractivity contribution in [2.45, 2.75) is 88.9 Å². The van der Waals surface area contributed by atoms with Gasteiger partial charge in [0, 0.05) is 19.5 Å². The van der Waals surface area contributed by atoms with Crippen molar-refractivity contribution in [1.82, 2.24) is 9.29 Å². The summed E-state index contributed by atoms with van der Waals surface area (Å²) in [5.74, 6) is -0.0220. The maximum absolute atomic E-state index is 12.9. The molecule has 1 N–H and O–H groups in total. The van der Waals surface area contributed by atoms with Crippen LogP contribution in [0.25, 0.3) is 10.2 Å². The van der Waals surface area contributed by atoms with E-state index in [2.05, 4.69) is 17.2 Å². The summed E-state index contributed by atoms with van der Waals surface area (Å²) in [4.78, 5) is 17.0. The molecule has 1 saturated heterocycles. The number of carbonyl (C=O) groups excluding carboxylic acids is 1. The summed E-state index contributed by atoms with van der Waals surface area (Å²) >= 11 is 1.33. The minimum absolute atomic E-state index is 0.0220. The molecule has 3 rings (SSSR count). The third kappa shape index (κ3) is 6.99. The molecule has 1 amide bonds. The summed E-state index contributed by atoms with van der Waals surface area (Å²) in [6, 6.07) is 5.04. The molecule has 0 aliphatic carbocycles. The quantitative estimate of drug-likeness (QED) is 0.393. The zero-order valence-electron chi connectivity index (χ0n) is 18.6. The maximum Gasteiger partial charge on any atom is 0.243 e. The number of nitrogens with zero attached hydrogens (tertiary/aromatic N) is 2. The van der Waals surface area contributed by atoms with Crippen LogP contribution < -0.4 is 5.32 Å². The molecule has 8 heteroatoms. The minimum atomic E-state index is -3.47. The fourth-order valence-electron chi connectivity index (χ4n) is 3.97. The maximum atomic E-state index is 12.9. The molecule has 0 unspecified atom stereocenters. The number of sulfonamides is 1. The van der Waals surface area contributed by atoms with E-state index in [1.807, 2.05) is 0 Å². The number of hydrogen-bond acceptors (Lipinski definition) is 5. The first-order chi connectivity index (χ1) is 15.0. The van der Waals surface area contributed by atoms with Gasteiger partial charge in [0.1, 0.15) is 0 Å². The molecule has 2 heterocycles. The van der Waals surface area contributed by atoms with E-state index in [0.717, 1.165) is 36.8 Å². The van der Waals surface area contributed by atoms with Gasteiger partial charge in [0.2, 0.25) is 15.9 Å². The second-order valence-electron chi connectivity index (χ2n) is 8.39. The Morgan fingerprint density at radius 2 is 1.71 bits per heavy atom. The number of rotatable bonds is 12. The molecule has 172 valence electrons. The van der Waals surface area contributed by atoms with Crippen LogP contribution in [0.3, 0.4) is 0 Å². The highest BCUT2D eigenvalue weighted by Crippen LogP contribution is 2.30. The van der Waals surface area contributed by atoms with Crippen LogP contribution >= 0.6 is 11.3 Å². The molecular weight excluding hydrogens is 430 g/mol. The van der Waals surface area contributed by atoms with Gasteiger partial charge < -0.3 is 5.32 Å². The van der Waals surface area contributed by atoms with E-state index in [4.69, 9.17) is 0 Å². The van der Waals surface area contributed by atoms with Gasteiger partial charge in [-0.25, -0.2) is 13.4 Å². The van der Waals surface area contributed by atoms with Crippen molar-refractivity contribution in [1.29, 1.82) is 0 Å². The lowest BCUT2D eigenvalue weighted by molar-refractivity contribution is -0.116. The van der Waals surface area contributed by atoms with E-state index in [-0.39, 0.29) is 5.91 Å². The van der Waals surface area contributed by atoms with Crippen LogP contribution in [0.4, 0.5) is 5.13 Å². The molecule has 1 aromatic heterocycles. The number of thiazole rings is 1. The number of anilines is 1. The predicted octanol–water partition coefficient (Wildman–Crippen LogP) is 5.94. The van der Waals surface area contributed by atoms with E-state index in [9.17, 15) is 13.2 Å². The van der Waals surface area contributed by atoms with Gasteiger partial charge in [0.05, 0.1) is 15.1 Å². The summed E-state index contributed by atoms with van der Waals surface area (Å²) in [5.41, 5.74) is 0.713. The zero-order chi connectivity index (χ0) is 22.1. The third-order valence-electron chi connectivity index (χ3n) is 5.82. The summed E-state index contributed by atoms with van der Waals surface area (Å²) < 4.78 is 28.2. The highest BCUT2D eigenvalue weighted by Gasteiger charge is 2.26. The van der Waals surface area contributed by atoms with Crippen molar-refractivity contribution in [3.05, 3.63) is 18.2 Å². The highest BCUT2D eigenvalue weighted by molar-refractivity contribution is 7.89. The summed E-state index contributed by atoms with van der Waals surface area (Å²) in [6.45, 7) is 3.40. The van der Waals surface area contributed by atoms with Gasteiger partial charge in [0.15, 0.2) is 5.13 Å². The molecule has 1 aromatic carbocycles. The van der Waals surface area contributed by atoms with Gasteiger partial charge in [-0.05, 0) is 37.5 Å². The van der Waals surface area contributed by atoms with E-state index in [1.165, 1.54) is 49.9 Å². The number of unbranched alkanes of at least 4 members (excludes halogenated alkanes) is 7.